The van der Waals surface area contributed by atoms with Crippen LogP contribution in [0, 0.1) is 0 Å². The second-order valence-corrected chi connectivity index (χ2v) is 8.15. The molecule has 0 saturated carbocycles. The van der Waals surface area contributed by atoms with E-state index < -0.39 is 16.1 Å². The number of rotatable bonds is 4. The smallest absolute Gasteiger partial charge is 0.251 e. The Bertz CT molecular complexity index is 716. The molecule has 0 aromatic heterocycles. The van der Waals surface area contributed by atoms with Crippen molar-refractivity contribution in [3.63, 3.8) is 0 Å². The molecule has 0 bridgehead atoms. The lowest BCUT2D eigenvalue weighted by Crippen LogP contribution is -2.49. The lowest BCUT2D eigenvalue weighted by atomic mass is 10.2. The van der Waals surface area contributed by atoms with Crippen LogP contribution in [0.3, 0.4) is 0 Å². The number of morpholine rings is 1. The number of nitrogens with zero attached hydrogens (tertiary/aromatic N) is 2. The maximum absolute atomic E-state index is 12.8. The van der Waals surface area contributed by atoms with E-state index >= 15 is 0 Å². The van der Waals surface area contributed by atoms with Crippen LogP contribution in [0.2, 0.25) is 0 Å². The van der Waals surface area contributed by atoms with E-state index in [0.717, 1.165) is 0 Å². The molecular formula is C16H23N3O5S. The van der Waals surface area contributed by atoms with Crippen LogP contribution in [0.1, 0.15) is 10.4 Å². The van der Waals surface area contributed by atoms with Crippen LogP contribution in [0.15, 0.2) is 29.2 Å². The zero-order valence-corrected chi connectivity index (χ0v) is 14.9. The zero-order chi connectivity index (χ0) is 18.0. The number of β-amino-alcohol motifs (C(OH)–C–C–N with tert-alkyl or cyclic N) is 1. The molecule has 2 aliphatic rings. The van der Waals surface area contributed by atoms with E-state index in [1.165, 1.54) is 35.6 Å². The standard InChI is InChI=1S/C16H23N3O5S/c1-17-16(21)12-2-4-13(5-3-12)25(22,23)19-10-14(15(20)11-19)18-6-8-24-9-7-18/h2-5,14-15,20H,6-11H2,1H3,(H,17,21)/t14-,15-/m0/s1. The predicted octanol–water partition coefficient (Wildman–Crippen LogP) is -0.888. The van der Waals surface area contributed by atoms with Crippen molar-refractivity contribution >= 4 is 15.9 Å². The first-order valence-electron chi connectivity index (χ1n) is 8.25. The molecule has 0 unspecified atom stereocenters. The summed E-state index contributed by atoms with van der Waals surface area (Å²) in [6.07, 6.45) is -0.724. The summed E-state index contributed by atoms with van der Waals surface area (Å²) in [4.78, 5) is 13.8. The Morgan fingerprint density at radius 3 is 2.44 bits per heavy atom. The van der Waals surface area contributed by atoms with Gasteiger partial charge in [0.1, 0.15) is 0 Å². The van der Waals surface area contributed by atoms with Crippen LogP contribution in [0.25, 0.3) is 0 Å². The van der Waals surface area contributed by atoms with Gasteiger partial charge in [0.15, 0.2) is 0 Å². The van der Waals surface area contributed by atoms with Gasteiger partial charge in [0, 0.05) is 38.8 Å². The Morgan fingerprint density at radius 1 is 1.20 bits per heavy atom. The van der Waals surface area contributed by atoms with Crippen molar-refractivity contribution in [3.05, 3.63) is 29.8 Å². The SMILES string of the molecule is CNC(=O)c1ccc(S(=O)(=O)N2C[C@H](O)[C@@H](N3CCOCC3)C2)cc1. The molecule has 1 amide bonds. The van der Waals surface area contributed by atoms with Crippen molar-refractivity contribution in [1.29, 1.82) is 0 Å². The summed E-state index contributed by atoms with van der Waals surface area (Å²) >= 11 is 0. The molecule has 1 aromatic rings. The highest BCUT2D eigenvalue weighted by molar-refractivity contribution is 7.89. The van der Waals surface area contributed by atoms with Crippen molar-refractivity contribution < 1.29 is 23.1 Å². The average Bonchev–Trinajstić information content (AvgIpc) is 3.04. The van der Waals surface area contributed by atoms with Crippen molar-refractivity contribution in [2.24, 2.45) is 0 Å². The summed E-state index contributed by atoms with van der Waals surface area (Å²) in [7, 11) is -2.19. The van der Waals surface area contributed by atoms with Gasteiger partial charge in [0.25, 0.3) is 5.91 Å². The Hall–Kier alpha value is -1.52. The fourth-order valence-corrected chi connectivity index (χ4v) is 4.75. The van der Waals surface area contributed by atoms with E-state index in [1.54, 1.807) is 0 Å². The fourth-order valence-electron chi connectivity index (χ4n) is 3.27. The predicted molar refractivity (Wildman–Crippen MR) is 90.8 cm³/mol. The molecule has 2 heterocycles. The van der Waals surface area contributed by atoms with Gasteiger partial charge in [0.05, 0.1) is 30.3 Å². The van der Waals surface area contributed by atoms with Crippen molar-refractivity contribution in [2.45, 2.75) is 17.0 Å². The third-order valence-electron chi connectivity index (χ3n) is 4.72. The minimum absolute atomic E-state index is 0.0710. The Morgan fingerprint density at radius 2 is 1.84 bits per heavy atom. The van der Waals surface area contributed by atoms with Crippen LogP contribution in [0.4, 0.5) is 0 Å². The summed E-state index contributed by atoms with van der Waals surface area (Å²) in [6.45, 7) is 2.89. The van der Waals surface area contributed by atoms with Crippen LogP contribution in [-0.4, -0.2) is 87.2 Å². The third-order valence-corrected chi connectivity index (χ3v) is 6.57. The zero-order valence-electron chi connectivity index (χ0n) is 14.1. The Labute approximate surface area is 147 Å². The molecule has 2 saturated heterocycles. The lowest BCUT2D eigenvalue weighted by molar-refractivity contribution is -0.00602. The van der Waals surface area contributed by atoms with E-state index in [0.29, 0.717) is 31.9 Å². The minimum atomic E-state index is -3.71. The second-order valence-electron chi connectivity index (χ2n) is 6.21. The maximum atomic E-state index is 12.8. The van der Waals surface area contributed by atoms with Gasteiger partial charge in [-0.25, -0.2) is 8.42 Å². The van der Waals surface area contributed by atoms with Crippen LogP contribution >= 0.6 is 0 Å². The number of sulfonamides is 1. The molecule has 2 N–H and O–H groups in total. The highest BCUT2D eigenvalue weighted by atomic mass is 32.2. The number of hydrogen-bond donors (Lipinski definition) is 2. The normalized spacial score (nSPS) is 25.8. The molecule has 0 spiro atoms. The number of carbonyl (C=O) groups is 1. The summed E-state index contributed by atoms with van der Waals surface area (Å²) in [5.74, 6) is -0.270. The van der Waals surface area contributed by atoms with Gasteiger partial charge in [-0.15, -0.1) is 0 Å². The number of nitrogens with one attached hydrogen (secondary N) is 1. The summed E-state index contributed by atoms with van der Waals surface area (Å²) in [6, 6.07) is 5.60. The molecule has 8 nitrogen and oxygen atoms in total. The number of aliphatic hydroxyl groups excluding tert-OH is 1. The number of benzene rings is 1. The van der Waals surface area contributed by atoms with Gasteiger partial charge < -0.3 is 15.2 Å². The number of amides is 1. The van der Waals surface area contributed by atoms with Crippen molar-refractivity contribution in [3.8, 4) is 0 Å². The van der Waals surface area contributed by atoms with E-state index in [2.05, 4.69) is 10.2 Å². The molecule has 2 atom stereocenters. The van der Waals surface area contributed by atoms with Gasteiger partial charge in [-0.1, -0.05) is 0 Å². The summed E-state index contributed by atoms with van der Waals surface area (Å²) in [5, 5.41) is 12.8. The lowest BCUT2D eigenvalue weighted by Gasteiger charge is -2.33. The first kappa shape index (κ1) is 18.3. The highest BCUT2D eigenvalue weighted by Crippen LogP contribution is 2.25. The highest BCUT2D eigenvalue weighted by Gasteiger charge is 2.41. The number of carbonyl (C=O) groups excluding carboxylic acids is 1. The quantitative estimate of drug-likeness (QED) is 0.715. The molecule has 3 rings (SSSR count). The number of hydrogen-bond acceptors (Lipinski definition) is 6. The molecule has 0 aliphatic carbocycles. The largest absolute Gasteiger partial charge is 0.390 e. The van der Waals surface area contributed by atoms with Gasteiger partial charge in [0.2, 0.25) is 10.0 Å². The van der Waals surface area contributed by atoms with E-state index in [1.807, 2.05) is 0 Å². The molecule has 0 radical (unpaired) electrons. The van der Waals surface area contributed by atoms with Gasteiger partial charge >= 0.3 is 0 Å². The molecule has 2 aliphatic heterocycles. The molecular weight excluding hydrogens is 346 g/mol. The molecule has 138 valence electrons. The van der Waals surface area contributed by atoms with E-state index in [9.17, 15) is 18.3 Å². The van der Waals surface area contributed by atoms with Crippen molar-refractivity contribution in [2.75, 3.05) is 46.4 Å². The molecule has 25 heavy (non-hydrogen) atoms. The molecule has 9 heteroatoms. The van der Waals surface area contributed by atoms with Crippen LogP contribution < -0.4 is 5.32 Å². The topological polar surface area (TPSA) is 99.2 Å². The first-order valence-corrected chi connectivity index (χ1v) is 9.69. The molecule has 2 fully saturated rings. The van der Waals surface area contributed by atoms with Crippen LogP contribution in [0.5, 0.6) is 0 Å². The first-order chi connectivity index (χ1) is 11.9. The third kappa shape index (κ3) is 3.70. The number of aliphatic hydroxyl groups is 1. The summed E-state index contributed by atoms with van der Waals surface area (Å²) in [5.41, 5.74) is 0.397. The fraction of sp³-hybridized carbons (Fsp3) is 0.562. The monoisotopic (exact) mass is 369 g/mol. The molecule has 1 aromatic carbocycles. The van der Waals surface area contributed by atoms with Gasteiger partial charge in [-0.3, -0.25) is 9.69 Å². The van der Waals surface area contributed by atoms with Gasteiger partial charge in [-0.05, 0) is 24.3 Å². The average molecular weight is 369 g/mol. The minimum Gasteiger partial charge on any atom is -0.390 e. The maximum Gasteiger partial charge on any atom is 0.251 e. The van der Waals surface area contributed by atoms with Gasteiger partial charge in [-0.2, -0.15) is 4.31 Å². The second kappa shape index (κ2) is 7.38. The van der Waals surface area contributed by atoms with E-state index in [-0.39, 0.29) is 29.9 Å². The number of ether oxygens (including phenoxy) is 1. The Balaban J connectivity index is 1.75. The Kier molecular flexibility index (Phi) is 5.40. The van der Waals surface area contributed by atoms with Crippen LogP contribution in [-0.2, 0) is 14.8 Å². The summed E-state index contributed by atoms with van der Waals surface area (Å²) < 4.78 is 32.3. The van der Waals surface area contributed by atoms with Crippen molar-refractivity contribution in [1.82, 2.24) is 14.5 Å². The van der Waals surface area contributed by atoms with E-state index in [4.69, 9.17) is 4.74 Å².